The van der Waals surface area contributed by atoms with Gasteiger partial charge in [0.1, 0.15) is 23.8 Å². The molecule has 1 aliphatic heterocycles. The van der Waals surface area contributed by atoms with Crippen molar-refractivity contribution in [1.29, 1.82) is 0 Å². The number of pyridine rings is 1. The first kappa shape index (κ1) is 15.5. The maximum atomic E-state index is 5.04. The van der Waals surface area contributed by atoms with Gasteiger partial charge in [0.25, 0.3) is 0 Å². The molecule has 0 saturated carbocycles. The van der Waals surface area contributed by atoms with Crippen LogP contribution in [0.4, 0.5) is 17.5 Å². The molecule has 1 fully saturated rings. The summed E-state index contributed by atoms with van der Waals surface area (Å²) in [6.07, 6.45) is 3.44. The summed E-state index contributed by atoms with van der Waals surface area (Å²) in [5.74, 6) is 2.83. The smallest absolute Gasteiger partial charge is 0.134 e. The van der Waals surface area contributed by atoms with Gasteiger partial charge in [-0.25, -0.2) is 15.0 Å². The molecule has 23 heavy (non-hydrogen) atoms. The Labute approximate surface area is 136 Å². The molecule has 0 radical (unpaired) electrons. The van der Waals surface area contributed by atoms with E-state index in [4.69, 9.17) is 4.74 Å². The lowest BCUT2D eigenvalue weighted by Crippen LogP contribution is -2.47. The zero-order valence-corrected chi connectivity index (χ0v) is 13.4. The average Bonchev–Trinajstić information content (AvgIpc) is 2.63. The van der Waals surface area contributed by atoms with Crippen LogP contribution in [0.15, 0.2) is 36.8 Å². The molecule has 1 saturated heterocycles. The van der Waals surface area contributed by atoms with Gasteiger partial charge in [-0.05, 0) is 12.1 Å². The van der Waals surface area contributed by atoms with Crippen LogP contribution in [0.3, 0.4) is 0 Å². The van der Waals surface area contributed by atoms with Crippen LogP contribution in [0.25, 0.3) is 0 Å². The van der Waals surface area contributed by atoms with Gasteiger partial charge in [0, 0.05) is 52.1 Å². The molecule has 2 aromatic heterocycles. The van der Waals surface area contributed by atoms with E-state index < -0.39 is 0 Å². The fourth-order valence-electron chi connectivity index (χ4n) is 2.60. The van der Waals surface area contributed by atoms with Gasteiger partial charge in [-0.2, -0.15) is 0 Å². The van der Waals surface area contributed by atoms with Crippen LogP contribution in [0.1, 0.15) is 0 Å². The lowest BCUT2D eigenvalue weighted by atomic mass is 10.3. The summed E-state index contributed by atoms with van der Waals surface area (Å²) in [4.78, 5) is 17.6. The Hall–Kier alpha value is -2.41. The zero-order valence-electron chi connectivity index (χ0n) is 13.4. The van der Waals surface area contributed by atoms with Gasteiger partial charge in [0.05, 0.1) is 6.61 Å². The van der Waals surface area contributed by atoms with Gasteiger partial charge in [0.15, 0.2) is 0 Å². The minimum atomic E-state index is 0.655. The highest BCUT2D eigenvalue weighted by Gasteiger charge is 2.19. The Morgan fingerprint density at radius 3 is 2.52 bits per heavy atom. The fraction of sp³-hybridized carbons (Fsp3) is 0.438. The summed E-state index contributed by atoms with van der Waals surface area (Å²) < 4.78 is 5.04. The summed E-state index contributed by atoms with van der Waals surface area (Å²) in [5.41, 5.74) is 0. The quantitative estimate of drug-likeness (QED) is 0.805. The number of anilines is 3. The second-order valence-corrected chi connectivity index (χ2v) is 5.34. The van der Waals surface area contributed by atoms with Crippen LogP contribution in [0.5, 0.6) is 0 Å². The standard InChI is InChI=1S/C16H22N6O/c1-23-11-6-17-14-12-16(20-13-19-14)22-9-7-21(8-10-22)15-4-2-3-5-18-15/h2-5,12-13H,6-11H2,1H3,(H,17,19,20). The highest BCUT2D eigenvalue weighted by atomic mass is 16.5. The molecule has 7 heteroatoms. The number of nitrogens with zero attached hydrogens (tertiary/aromatic N) is 5. The van der Waals surface area contributed by atoms with E-state index in [0.717, 1.165) is 50.2 Å². The van der Waals surface area contributed by atoms with Crippen LogP contribution in [-0.2, 0) is 4.74 Å². The van der Waals surface area contributed by atoms with Crippen LogP contribution >= 0.6 is 0 Å². The lowest BCUT2D eigenvalue weighted by Gasteiger charge is -2.36. The van der Waals surface area contributed by atoms with Crippen molar-refractivity contribution in [2.24, 2.45) is 0 Å². The Balaban J connectivity index is 1.58. The highest BCUT2D eigenvalue weighted by molar-refractivity contribution is 5.50. The van der Waals surface area contributed by atoms with Gasteiger partial charge >= 0.3 is 0 Å². The van der Waals surface area contributed by atoms with E-state index in [2.05, 4.69) is 36.1 Å². The largest absolute Gasteiger partial charge is 0.383 e. The second kappa shape index (κ2) is 7.73. The molecule has 0 atom stereocenters. The van der Waals surface area contributed by atoms with Gasteiger partial charge in [0.2, 0.25) is 0 Å². The molecule has 0 spiro atoms. The first-order chi connectivity index (χ1) is 11.4. The number of hydrogen-bond acceptors (Lipinski definition) is 7. The molecular weight excluding hydrogens is 292 g/mol. The Bertz CT molecular complexity index is 601. The van der Waals surface area contributed by atoms with Gasteiger partial charge in [-0.3, -0.25) is 0 Å². The minimum absolute atomic E-state index is 0.655. The lowest BCUT2D eigenvalue weighted by molar-refractivity contribution is 0.210. The molecule has 1 aliphatic rings. The molecule has 0 aliphatic carbocycles. The third kappa shape index (κ3) is 4.07. The summed E-state index contributed by atoms with van der Waals surface area (Å²) >= 11 is 0. The normalized spacial score (nSPS) is 14.8. The molecule has 122 valence electrons. The molecule has 3 rings (SSSR count). The Morgan fingerprint density at radius 2 is 1.83 bits per heavy atom. The first-order valence-electron chi connectivity index (χ1n) is 7.82. The average molecular weight is 314 g/mol. The maximum Gasteiger partial charge on any atom is 0.134 e. The SMILES string of the molecule is COCCNc1cc(N2CCN(c3ccccn3)CC2)ncn1. The monoisotopic (exact) mass is 314 g/mol. The van der Waals surface area contributed by atoms with E-state index in [-0.39, 0.29) is 0 Å². The maximum absolute atomic E-state index is 5.04. The summed E-state index contributed by atoms with van der Waals surface area (Å²) in [6.45, 7) is 5.11. The van der Waals surface area contributed by atoms with E-state index in [1.54, 1.807) is 13.4 Å². The van der Waals surface area contributed by atoms with Crippen molar-refractivity contribution in [3.63, 3.8) is 0 Å². The number of ether oxygens (including phenoxy) is 1. The van der Waals surface area contributed by atoms with Crippen molar-refractivity contribution < 1.29 is 4.74 Å². The van der Waals surface area contributed by atoms with Crippen molar-refractivity contribution in [2.45, 2.75) is 0 Å². The van der Waals surface area contributed by atoms with Crippen molar-refractivity contribution in [3.8, 4) is 0 Å². The minimum Gasteiger partial charge on any atom is -0.383 e. The van der Waals surface area contributed by atoms with Crippen LogP contribution in [0.2, 0.25) is 0 Å². The van der Waals surface area contributed by atoms with Crippen molar-refractivity contribution in [2.75, 3.05) is 61.6 Å². The summed E-state index contributed by atoms with van der Waals surface area (Å²) in [5, 5.41) is 3.24. The molecular formula is C16H22N6O. The molecule has 7 nitrogen and oxygen atoms in total. The van der Waals surface area contributed by atoms with E-state index in [0.29, 0.717) is 6.61 Å². The summed E-state index contributed by atoms with van der Waals surface area (Å²) in [6, 6.07) is 8.01. The predicted molar refractivity (Wildman–Crippen MR) is 91.1 cm³/mol. The Kier molecular flexibility index (Phi) is 5.21. The van der Waals surface area contributed by atoms with E-state index in [1.165, 1.54) is 0 Å². The third-order valence-electron chi connectivity index (χ3n) is 3.84. The molecule has 3 heterocycles. The number of aromatic nitrogens is 3. The third-order valence-corrected chi connectivity index (χ3v) is 3.84. The topological polar surface area (TPSA) is 66.4 Å². The van der Waals surface area contributed by atoms with E-state index >= 15 is 0 Å². The predicted octanol–water partition coefficient (Wildman–Crippen LogP) is 1.26. The molecule has 0 bridgehead atoms. The van der Waals surface area contributed by atoms with Crippen LogP contribution in [-0.4, -0.2) is 61.4 Å². The van der Waals surface area contributed by atoms with Crippen LogP contribution < -0.4 is 15.1 Å². The van der Waals surface area contributed by atoms with E-state index in [9.17, 15) is 0 Å². The fourth-order valence-corrected chi connectivity index (χ4v) is 2.60. The second-order valence-electron chi connectivity index (χ2n) is 5.34. The number of hydrogen-bond donors (Lipinski definition) is 1. The number of nitrogens with one attached hydrogen (secondary N) is 1. The van der Waals surface area contributed by atoms with Crippen molar-refractivity contribution in [3.05, 3.63) is 36.8 Å². The Morgan fingerprint density at radius 1 is 1.04 bits per heavy atom. The highest BCUT2D eigenvalue weighted by Crippen LogP contribution is 2.18. The van der Waals surface area contributed by atoms with Crippen molar-refractivity contribution in [1.82, 2.24) is 15.0 Å². The zero-order chi connectivity index (χ0) is 15.9. The van der Waals surface area contributed by atoms with E-state index in [1.807, 2.05) is 24.4 Å². The number of rotatable bonds is 6. The molecule has 0 aromatic carbocycles. The molecule has 0 unspecified atom stereocenters. The van der Waals surface area contributed by atoms with Gasteiger partial charge in [-0.1, -0.05) is 6.07 Å². The van der Waals surface area contributed by atoms with Crippen LogP contribution in [0, 0.1) is 0 Å². The number of piperazine rings is 1. The molecule has 2 aromatic rings. The number of methoxy groups -OCH3 is 1. The van der Waals surface area contributed by atoms with Gasteiger partial charge < -0.3 is 19.9 Å². The molecule has 0 amide bonds. The summed E-state index contributed by atoms with van der Waals surface area (Å²) in [7, 11) is 1.69. The first-order valence-corrected chi connectivity index (χ1v) is 7.82. The van der Waals surface area contributed by atoms with Crippen molar-refractivity contribution >= 4 is 17.5 Å². The molecule has 1 N–H and O–H groups in total. The van der Waals surface area contributed by atoms with Gasteiger partial charge in [-0.15, -0.1) is 0 Å².